The van der Waals surface area contributed by atoms with Crippen LogP contribution in [0.3, 0.4) is 0 Å². The monoisotopic (exact) mass is 396 g/mol. The molecule has 1 aliphatic heterocycles. The molecule has 6 nitrogen and oxygen atoms in total. The van der Waals surface area contributed by atoms with E-state index in [4.69, 9.17) is 9.47 Å². The standard InChI is InChI=1S/C21H24N4O2S/c1-26-18-6-4-17(5-7-18)20-23-24-21(25(20)15-19-3-2-13-27-19)28-14-10-16-8-11-22-12-9-16/h4-9,11-12,19H,2-3,10,13-15H2,1H3. The van der Waals surface area contributed by atoms with Gasteiger partial charge in [-0.2, -0.15) is 0 Å². The first-order valence-corrected chi connectivity index (χ1v) is 10.5. The summed E-state index contributed by atoms with van der Waals surface area (Å²) in [5.74, 6) is 2.65. The Morgan fingerprint density at radius 3 is 2.68 bits per heavy atom. The third kappa shape index (κ3) is 4.54. The maximum atomic E-state index is 5.87. The highest BCUT2D eigenvalue weighted by Gasteiger charge is 2.21. The molecule has 1 saturated heterocycles. The van der Waals surface area contributed by atoms with Gasteiger partial charge in [-0.25, -0.2) is 0 Å². The van der Waals surface area contributed by atoms with Gasteiger partial charge < -0.3 is 9.47 Å². The van der Waals surface area contributed by atoms with Crippen LogP contribution in [-0.2, 0) is 17.7 Å². The van der Waals surface area contributed by atoms with Gasteiger partial charge in [0.25, 0.3) is 0 Å². The summed E-state index contributed by atoms with van der Waals surface area (Å²) in [6.07, 6.45) is 7.07. The van der Waals surface area contributed by atoms with Crippen molar-refractivity contribution in [1.29, 1.82) is 0 Å². The largest absolute Gasteiger partial charge is 0.497 e. The number of rotatable bonds is 8. The predicted octanol–water partition coefficient (Wildman–Crippen LogP) is 3.86. The minimum absolute atomic E-state index is 0.229. The second kappa shape index (κ2) is 9.21. The molecule has 28 heavy (non-hydrogen) atoms. The molecule has 2 aromatic heterocycles. The van der Waals surface area contributed by atoms with E-state index in [1.165, 1.54) is 5.56 Å². The summed E-state index contributed by atoms with van der Waals surface area (Å²) in [4.78, 5) is 4.08. The minimum atomic E-state index is 0.229. The van der Waals surface area contributed by atoms with Gasteiger partial charge in [-0.1, -0.05) is 11.8 Å². The Balaban J connectivity index is 1.53. The quantitative estimate of drug-likeness (QED) is 0.539. The van der Waals surface area contributed by atoms with E-state index in [2.05, 4.69) is 31.9 Å². The normalized spacial score (nSPS) is 16.4. The van der Waals surface area contributed by atoms with Crippen LogP contribution in [0.15, 0.2) is 53.9 Å². The smallest absolute Gasteiger partial charge is 0.191 e. The molecule has 0 spiro atoms. The average Bonchev–Trinajstić information content (AvgIpc) is 3.40. The van der Waals surface area contributed by atoms with E-state index < -0.39 is 0 Å². The van der Waals surface area contributed by atoms with Crippen molar-refractivity contribution in [2.24, 2.45) is 0 Å². The van der Waals surface area contributed by atoms with Gasteiger partial charge in [0.2, 0.25) is 0 Å². The molecule has 0 bridgehead atoms. The first-order valence-electron chi connectivity index (χ1n) is 9.54. The number of aromatic nitrogens is 4. The van der Waals surface area contributed by atoms with E-state index in [9.17, 15) is 0 Å². The number of ether oxygens (including phenoxy) is 2. The van der Waals surface area contributed by atoms with Crippen LogP contribution < -0.4 is 4.74 Å². The summed E-state index contributed by atoms with van der Waals surface area (Å²) < 4.78 is 13.3. The van der Waals surface area contributed by atoms with Crippen molar-refractivity contribution in [3.8, 4) is 17.1 Å². The van der Waals surface area contributed by atoms with Gasteiger partial charge in [-0.05, 0) is 61.2 Å². The lowest BCUT2D eigenvalue weighted by atomic mass is 10.2. The minimum Gasteiger partial charge on any atom is -0.497 e. The van der Waals surface area contributed by atoms with Crippen LogP contribution in [0.25, 0.3) is 11.4 Å². The Labute approximate surface area is 169 Å². The number of hydrogen-bond acceptors (Lipinski definition) is 6. The zero-order chi connectivity index (χ0) is 19.2. The maximum Gasteiger partial charge on any atom is 0.191 e. The van der Waals surface area contributed by atoms with E-state index in [1.54, 1.807) is 18.9 Å². The molecule has 1 fully saturated rings. The van der Waals surface area contributed by atoms with Crippen molar-refractivity contribution in [2.45, 2.75) is 37.1 Å². The lowest BCUT2D eigenvalue weighted by molar-refractivity contribution is 0.0953. The number of hydrogen-bond donors (Lipinski definition) is 0. The zero-order valence-corrected chi connectivity index (χ0v) is 16.8. The number of benzene rings is 1. The molecule has 0 aliphatic carbocycles. The fraction of sp³-hybridized carbons (Fsp3) is 0.381. The molecule has 0 amide bonds. The highest BCUT2D eigenvalue weighted by Crippen LogP contribution is 2.28. The second-order valence-corrected chi connectivity index (χ2v) is 7.80. The first kappa shape index (κ1) is 19.0. The van der Waals surface area contributed by atoms with E-state index in [1.807, 2.05) is 36.7 Å². The van der Waals surface area contributed by atoms with Crippen molar-refractivity contribution in [3.63, 3.8) is 0 Å². The van der Waals surface area contributed by atoms with Crippen LogP contribution in [-0.4, -0.2) is 45.3 Å². The third-order valence-electron chi connectivity index (χ3n) is 4.85. The van der Waals surface area contributed by atoms with Crippen molar-refractivity contribution in [1.82, 2.24) is 19.7 Å². The van der Waals surface area contributed by atoms with Crippen molar-refractivity contribution >= 4 is 11.8 Å². The van der Waals surface area contributed by atoms with Crippen molar-refractivity contribution < 1.29 is 9.47 Å². The highest BCUT2D eigenvalue weighted by atomic mass is 32.2. The van der Waals surface area contributed by atoms with Gasteiger partial charge in [-0.15, -0.1) is 10.2 Å². The lowest BCUT2D eigenvalue weighted by Crippen LogP contribution is -2.16. The number of thioether (sulfide) groups is 1. The lowest BCUT2D eigenvalue weighted by Gasteiger charge is -2.15. The Morgan fingerprint density at radius 2 is 1.96 bits per heavy atom. The SMILES string of the molecule is COc1ccc(-c2nnc(SCCc3ccncc3)n2CC2CCCO2)cc1. The van der Waals surface area contributed by atoms with Gasteiger partial charge in [-0.3, -0.25) is 9.55 Å². The molecular formula is C21H24N4O2S. The van der Waals surface area contributed by atoms with E-state index in [0.717, 1.165) is 60.5 Å². The summed E-state index contributed by atoms with van der Waals surface area (Å²) in [5.41, 5.74) is 2.32. The second-order valence-electron chi connectivity index (χ2n) is 6.73. The molecular weight excluding hydrogens is 372 g/mol. The van der Waals surface area contributed by atoms with Gasteiger partial charge >= 0.3 is 0 Å². The third-order valence-corrected chi connectivity index (χ3v) is 5.81. The highest BCUT2D eigenvalue weighted by molar-refractivity contribution is 7.99. The van der Waals surface area contributed by atoms with Crippen LogP contribution in [0.4, 0.5) is 0 Å². The number of pyridine rings is 1. The van der Waals surface area contributed by atoms with E-state index >= 15 is 0 Å². The Morgan fingerprint density at radius 1 is 1.14 bits per heavy atom. The molecule has 0 N–H and O–H groups in total. The average molecular weight is 397 g/mol. The molecule has 0 saturated carbocycles. The van der Waals surface area contributed by atoms with Crippen LogP contribution in [0.2, 0.25) is 0 Å². The van der Waals surface area contributed by atoms with Gasteiger partial charge in [0.15, 0.2) is 11.0 Å². The van der Waals surface area contributed by atoms with Crippen LogP contribution in [0.5, 0.6) is 5.75 Å². The van der Waals surface area contributed by atoms with Crippen LogP contribution in [0, 0.1) is 0 Å². The number of nitrogens with zero attached hydrogens (tertiary/aromatic N) is 4. The van der Waals surface area contributed by atoms with Gasteiger partial charge in [0.1, 0.15) is 5.75 Å². The summed E-state index contributed by atoms with van der Waals surface area (Å²) in [7, 11) is 1.67. The number of aryl methyl sites for hydroxylation is 1. The molecule has 3 heterocycles. The summed E-state index contributed by atoms with van der Waals surface area (Å²) in [6, 6.07) is 12.1. The zero-order valence-electron chi connectivity index (χ0n) is 16.0. The Bertz CT molecular complexity index is 877. The summed E-state index contributed by atoms with van der Waals surface area (Å²) in [5, 5.41) is 9.92. The van der Waals surface area contributed by atoms with Crippen LogP contribution >= 0.6 is 11.8 Å². The molecule has 4 rings (SSSR count). The fourth-order valence-corrected chi connectivity index (χ4v) is 4.25. The molecule has 1 aromatic carbocycles. The molecule has 1 aliphatic rings. The molecule has 1 unspecified atom stereocenters. The van der Waals surface area contributed by atoms with Crippen LogP contribution in [0.1, 0.15) is 18.4 Å². The Hall–Kier alpha value is -2.38. The predicted molar refractivity (Wildman–Crippen MR) is 110 cm³/mol. The topological polar surface area (TPSA) is 62.1 Å². The van der Waals surface area contributed by atoms with E-state index in [-0.39, 0.29) is 6.10 Å². The van der Waals surface area contributed by atoms with Gasteiger partial charge in [0.05, 0.1) is 19.8 Å². The number of methoxy groups -OCH3 is 1. The molecule has 7 heteroatoms. The molecule has 3 aromatic rings. The maximum absolute atomic E-state index is 5.87. The first-order chi connectivity index (χ1) is 13.8. The fourth-order valence-electron chi connectivity index (χ4n) is 3.32. The van der Waals surface area contributed by atoms with E-state index in [0.29, 0.717) is 0 Å². The molecule has 146 valence electrons. The van der Waals surface area contributed by atoms with Crippen molar-refractivity contribution in [3.05, 3.63) is 54.4 Å². The molecule has 1 atom stereocenters. The Kier molecular flexibility index (Phi) is 6.24. The summed E-state index contributed by atoms with van der Waals surface area (Å²) in [6.45, 7) is 1.63. The summed E-state index contributed by atoms with van der Waals surface area (Å²) >= 11 is 1.74. The van der Waals surface area contributed by atoms with Gasteiger partial charge in [0, 0.05) is 30.3 Å². The van der Waals surface area contributed by atoms with Crippen molar-refractivity contribution in [2.75, 3.05) is 19.5 Å². The molecule has 0 radical (unpaired) electrons.